The zero-order valence-electron chi connectivity index (χ0n) is 10.6. The molecule has 1 atom stereocenters. The van der Waals surface area contributed by atoms with Gasteiger partial charge in [0, 0.05) is 12.7 Å². The molecule has 0 spiro atoms. The van der Waals surface area contributed by atoms with Crippen molar-refractivity contribution in [3.8, 4) is 0 Å². The van der Waals surface area contributed by atoms with E-state index >= 15 is 0 Å². The first-order valence-electron chi connectivity index (χ1n) is 5.94. The summed E-state index contributed by atoms with van der Waals surface area (Å²) in [5, 5.41) is 0. The average Bonchev–Trinajstić information content (AvgIpc) is 2.46. The number of pyridine rings is 1. The summed E-state index contributed by atoms with van der Waals surface area (Å²) in [5.41, 5.74) is 5.56. The summed E-state index contributed by atoms with van der Waals surface area (Å²) in [6, 6.07) is 2.92. The minimum absolute atomic E-state index is 0.0378. The molecule has 0 saturated carbocycles. The van der Waals surface area contributed by atoms with Gasteiger partial charge in [-0.3, -0.25) is 4.98 Å². The predicted octanol–water partition coefficient (Wildman–Crippen LogP) is -0.591. The molecule has 1 aliphatic rings. The van der Waals surface area contributed by atoms with Crippen LogP contribution in [0.3, 0.4) is 0 Å². The second-order valence-electron chi connectivity index (χ2n) is 4.13. The van der Waals surface area contributed by atoms with Crippen molar-refractivity contribution in [3.05, 3.63) is 24.0 Å². The minimum Gasteiger partial charge on any atom is -0.388 e. The lowest BCUT2D eigenvalue weighted by atomic mass is 10.3. The summed E-state index contributed by atoms with van der Waals surface area (Å²) < 4.78 is 37.5. The summed E-state index contributed by atoms with van der Waals surface area (Å²) in [4.78, 5) is 3.79. The highest BCUT2D eigenvalue weighted by Gasteiger charge is 2.23. The Morgan fingerprint density at radius 2 is 2.35 bits per heavy atom. The van der Waals surface area contributed by atoms with Crippen LogP contribution in [0.2, 0.25) is 0 Å². The molecule has 0 radical (unpaired) electrons. The topological polar surface area (TPSA) is 104 Å². The number of hydrogen-bond acceptors (Lipinski definition) is 6. The van der Waals surface area contributed by atoms with Gasteiger partial charge in [0.05, 0.1) is 25.9 Å². The molecule has 1 unspecified atom stereocenters. The van der Waals surface area contributed by atoms with Gasteiger partial charge in [-0.15, -0.1) is 0 Å². The number of nitrogens with two attached hydrogens (primary N) is 1. The molecule has 0 bridgehead atoms. The standard InChI is InChI=1S/C11H15N3O4S2/c12-11(19)10-9(2-1-3-13-10)20(15,16)14-6-8-7-17-4-5-18-8/h1-3,8,14H,4-7H2,(H2,12,19). The lowest BCUT2D eigenvalue weighted by molar-refractivity contribution is -0.0846. The number of aromatic nitrogens is 1. The molecular formula is C11H15N3O4S2. The molecule has 0 amide bonds. The quantitative estimate of drug-likeness (QED) is 0.700. The Kier molecular flexibility index (Phi) is 5.00. The van der Waals surface area contributed by atoms with Crippen LogP contribution in [0.1, 0.15) is 5.69 Å². The Labute approximate surface area is 122 Å². The Morgan fingerprint density at radius 1 is 1.55 bits per heavy atom. The highest BCUT2D eigenvalue weighted by Crippen LogP contribution is 2.13. The number of hydrogen-bond donors (Lipinski definition) is 2. The first-order chi connectivity index (χ1) is 9.50. The van der Waals surface area contributed by atoms with Crippen LogP contribution in [0.5, 0.6) is 0 Å². The van der Waals surface area contributed by atoms with Crippen molar-refractivity contribution in [3.63, 3.8) is 0 Å². The van der Waals surface area contributed by atoms with E-state index in [1.165, 1.54) is 18.3 Å². The molecule has 20 heavy (non-hydrogen) atoms. The molecule has 2 heterocycles. The van der Waals surface area contributed by atoms with Crippen LogP contribution in [0.4, 0.5) is 0 Å². The van der Waals surface area contributed by atoms with Crippen molar-refractivity contribution in [2.45, 2.75) is 11.0 Å². The van der Waals surface area contributed by atoms with Crippen molar-refractivity contribution < 1.29 is 17.9 Å². The first kappa shape index (κ1) is 15.3. The lowest BCUT2D eigenvalue weighted by Crippen LogP contribution is -2.40. The molecule has 0 aliphatic carbocycles. The zero-order valence-corrected chi connectivity index (χ0v) is 12.2. The zero-order chi connectivity index (χ0) is 14.6. The Balaban J connectivity index is 2.12. The third-order valence-electron chi connectivity index (χ3n) is 2.68. The lowest BCUT2D eigenvalue weighted by Gasteiger charge is -2.23. The second-order valence-corrected chi connectivity index (χ2v) is 6.31. The van der Waals surface area contributed by atoms with Gasteiger partial charge in [0.25, 0.3) is 0 Å². The normalized spacial score (nSPS) is 19.7. The maximum atomic E-state index is 12.2. The van der Waals surface area contributed by atoms with Crippen molar-refractivity contribution in [2.24, 2.45) is 5.73 Å². The summed E-state index contributed by atoms with van der Waals surface area (Å²) in [7, 11) is -3.75. The fourth-order valence-electron chi connectivity index (χ4n) is 1.73. The Bertz CT molecular complexity index is 585. The van der Waals surface area contributed by atoms with Crippen LogP contribution in [0, 0.1) is 0 Å². The van der Waals surface area contributed by atoms with E-state index in [4.69, 9.17) is 27.4 Å². The average molecular weight is 317 g/mol. The number of ether oxygens (including phenoxy) is 2. The van der Waals surface area contributed by atoms with E-state index in [2.05, 4.69) is 9.71 Å². The fraction of sp³-hybridized carbons (Fsp3) is 0.455. The highest BCUT2D eigenvalue weighted by molar-refractivity contribution is 7.89. The third kappa shape index (κ3) is 3.70. The monoisotopic (exact) mass is 317 g/mol. The Hall–Kier alpha value is -1.13. The van der Waals surface area contributed by atoms with E-state index in [9.17, 15) is 8.42 Å². The van der Waals surface area contributed by atoms with Gasteiger partial charge in [-0.05, 0) is 12.1 Å². The van der Waals surface area contributed by atoms with E-state index in [1.54, 1.807) is 0 Å². The largest absolute Gasteiger partial charge is 0.388 e. The second kappa shape index (κ2) is 6.55. The van der Waals surface area contributed by atoms with Crippen molar-refractivity contribution in [2.75, 3.05) is 26.4 Å². The van der Waals surface area contributed by atoms with Crippen molar-refractivity contribution in [1.82, 2.24) is 9.71 Å². The van der Waals surface area contributed by atoms with Crippen LogP contribution < -0.4 is 10.5 Å². The molecule has 110 valence electrons. The number of rotatable bonds is 5. The first-order valence-corrected chi connectivity index (χ1v) is 7.83. The summed E-state index contributed by atoms with van der Waals surface area (Å²) in [6.45, 7) is 1.46. The van der Waals surface area contributed by atoms with E-state index in [0.717, 1.165) is 0 Å². The number of nitrogens with zero attached hydrogens (tertiary/aromatic N) is 1. The molecule has 9 heteroatoms. The fourth-order valence-corrected chi connectivity index (χ4v) is 3.19. The summed E-state index contributed by atoms with van der Waals surface area (Å²) in [6.07, 6.45) is 1.13. The molecule has 1 fully saturated rings. The molecule has 1 aliphatic heterocycles. The van der Waals surface area contributed by atoms with Crippen LogP contribution in [-0.4, -0.2) is 50.9 Å². The summed E-state index contributed by atoms with van der Waals surface area (Å²) >= 11 is 4.81. The third-order valence-corrected chi connectivity index (χ3v) is 4.33. The van der Waals surface area contributed by atoms with Crippen molar-refractivity contribution >= 4 is 27.2 Å². The van der Waals surface area contributed by atoms with Crippen LogP contribution >= 0.6 is 12.2 Å². The molecule has 1 saturated heterocycles. The molecule has 7 nitrogen and oxygen atoms in total. The van der Waals surface area contributed by atoms with Gasteiger partial charge in [-0.25, -0.2) is 13.1 Å². The van der Waals surface area contributed by atoms with Gasteiger partial charge >= 0.3 is 0 Å². The molecule has 2 rings (SSSR count). The van der Waals surface area contributed by atoms with Gasteiger partial charge in [-0.1, -0.05) is 12.2 Å². The van der Waals surface area contributed by atoms with Gasteiger partial charge in [0.2, 0.25) is 10.0 Å². The molecule has 3 N–H and O–H groups in total. The number of thiocarbonyl (C=S) groups is 1. The van der Waals surface area contributed by atoms with E-state index in [1.807, 2.05) is 0 Å². The van der Waals surface area contributed by atoms with Crippen LogP contribution in [0.25, 0.3) is 0 Å². The van der Waals surface area contributed by atoms with Crippen LogP contribution in [-0.2, 0) is 19.5 Å². The van der Waals surface area contributed by atoms with E-state index < -0.39 is 10.0 Å². The smallest absolute Gasteiger partial charge is 0.242 e. The predicted molar refractivity (Wildman–Crippen MR) is 75.9 cm³/mol. The van der Waals surface area contributed by atoms with Crippen molar-refractivity contribution in [1.29, 1.82) is 0 Å². The Morgan fingerprint density at radius 3 is 3.00 bits per heavy atom. The minimum atomic E-state index is -3.75. The van der Waals surface area contributed by atoms with Gasteiger partial charge in [0.15, 0.2) is 0 Å². The van der Waals surface area contributed by atoms with Gasteiger partial charge in [0.1, 0.15) is 15.6 Å². The molecule has 1 aromatic rings. The maximum absolute atomic E-state index is 12.2. The molecule has 1 aromatic heterocycles. The number of nitrogens with one attached hydrogen (secondary N) is 1. The van der Waals surface area contributed by atoms with E-state index in [0.29, 0.717) is 19.8 Å². The van der Waals surface area contributed by atoms with E-state index in [-0.39, 0.29) is 28.2 Å². The number of sulfonamides is 1. The van der Waals surface area contributed by atoms with Gasteiger partial charge in [-0.2, -0.15) is 0 Å². The highest BCUT2D eigenvalue weighted by atomic mass is 32.2. The SMILES string of the molecule is NC(=S)c1ncccc1S(=O)(=O)NCC1COCCO1. The van der Waals surface area contributed by atoms with Gasteiger partial charge < -0.3 is 15.2 Å². The summed E-state index contributed by atoms with van der Waals surface area (Å²) in [5.74, 6) is 0. The van der Waals surface area contributed by atoms with Crippen LogP contribution in [0.15, 0.2) is 23.2 Å². The molecular weight excluding hydrogens is 302 g/mol. The maximum Gasteiger partial charge on any atom is 0.242 e. The molecule has 0 aromatic carbocycles.